The van der Waals surface area contributed by atoms with Crippen LogP contribution in [0.1, 0.15) is 27.3 Å². The molecule has 0 unspecified atom stereocenters. The van der Waals surface area contributed by atoms with E-state index in [1.165, 1.54) is 37.5 Å². The van der Waals surface area contributed by atoms with Crippen LogP contribution in [-0.4, -0.2) is 47.6 Å². The highest BCUT2D eigenvalue weighted by Crippen LogP contribution is 2.34. The number of sulfonamides is 1. The lowest BCUT2D eigenvalue weighted by Crippen LogP contribution is -2.28. The van der Waals surface area contributed by atoms with E-state index in [1.54, 1.807) is 6.92 Å². The summed E-state index contributed by atoms with van der Waals surface area (Å²) in [5.41, 5.74) is 4.95. The lowest BCUT2D eigenvalue weighted by atomic mass is 10.2. The standard InChI is InChI=1S/C20H21F3N8O3S/c1-11-25-8-13(18(28-11)31(2)35(3,33)34)9-26-17-15(20(21,22)23)10-27-19(30-17)29-14-6-4-12(5-7-14)16(24)32/h4-8,10H,9H2,1-3H3,(H2,24,32)(H2,26,27,29,30). The Morgan fingerprint density at radius 3 is 2.34 bits per heavy atom. The van der Waals surface area contributed by atoms with Crippen LogP contribution < -0.4 is 20.7 Å². The van der Waals surface area contributed by atoms with Gasteiger partial charge in [-0.3, -0.25) is 9.10 Å². The van der Waals surface area contributed by atoms with Crippen LogP contribution in [0.3, 0.4) is 0 Å². The van der Waals surface area contributed by atoms with Crippen LogP contribution in [0, 0.1) is 6.92 Å². The van der Waals surface area contributed by atoms with Gasteiger partial charge in [-0.2, -0.15) is 18.2 Å². The van der Waals surface area contributed by atoms with Gasteiger partial charge in [0.25, 0.3) is 0 Å². The fraction of sp³-hybridized carbons (Fsp3) is 0.250. The van der Waals surface area contributed by atoms with E-state index in [9.17, 15) is 26.4 Å². The lowest BCUT2D eigenvalue weighted by Gasteiger charge is -2.20. The number of anilines is 4. The Balaban J connectivity index is 1.92. The maximum atomic E-state index is 13.6. The van der Waals surface area contributed by atoms with Crippen molar-refractivity contribution in [1.82, 2.24) is 19.9 Å². The third kappa shape index (κ3) is 6.32. The Hall–Kier alpha value is -4.01. The largest absolute Gasteiger partial charge is 0.421 e. The van der Waals surface area contributed by atoms with Crippen LogP contribution in [0.2, 0.25) is 0 Å². The molecule has 2 heterocycles. The molecule has 3 aromatic rings. The highest BCUT2D eigenvalue weighted by Gasteiger charge is 2.35. The zero-order valence-corrected chi connectivity index (χ0v) is 19.6. The number of aryl methyl sites for hydroxylation is 1. The number of halogens is 3. The summed E-state index contributed by atoms with van der Waals surface area (Å²) >= 11 is 0. The number of benzene rings is 1. The molecule has 2 aromatic heterocycles. The van der Waals surface area contributed by atoms with Crippen molar-refractivity contribution in [3.05, 3.63) is 59.2 Å². The number of amides is 1. The summed E-state index contributed by atoms with van der Waals surface area (Å²) < 4.78 is 65.6. The average molecular weight is 511 g/mol. The molecular weight excluding hydrogens is 489 g/mol. The van der Waals surface area contributed by atoms with Crippen molar-refractivity contribution in [1.29, 1.82) is 0 Å². The van der Waals surface area contributed by atoms with E-state index in [0.717, 1.165) is 10.6 Å². The van der Waals surface area contributed by atoms with Gasteiger partial charge in [0, 0.05) is 42.8 Å². The molecule has 1 amide bonds. The molecule has 1 aromatic carbocycles. The predicted octanol–water partition coefficient (Wildman–Crippen LogP) is 2.44. The number of rotatable bonds is 8. The van der Waals surface area contributed by atoms with Crippen molar-refractivity contribution in [2.24, 2.45) is 5.73 Å². The van der Waals surface area contributed by atoms with E-state index in [4.69, 9.17) is 5.73 Å². The number of carbonyl (C=O) groups excluding carboxylic acids is 1. The van der Waals surface area contributed by atoms with Crippen LogP contribution in [0.25, 0.3) is 0 Å². The third-order valence-electron chi connectivity index (χ3n) is 4.72. The van der Waals surface area contributed by atoms with Crippen LogP contribution in [0.4, 0.5) is 36.4 Å². The first-order valence-electron chi connectivity index (χ1n) is 9.87. The summed E-state index contributed by atoms with van der Waals surface area (Å²) in [7, 11) is -2.41. The molecule has 0 spiro atoms. The van der Waals surface area contributed by atoms with Crippen molar-refractivity contribution < 1.29 is 26.4 Å². The maximum Gasteiger partial charge on any atom is 0.421 e. The molecule has 0 saturated carbocycles. The number of carbonyl (C=O) groups is 1. The minimum atomic E-state index is -4.76. The second kappa shape index (κ2) is 9.69. The minimum absolute atomic E-state index is 0.0167. The smallest absolute Gasteiger partial charge is 0.366 e. The van der Waals surface area contributed by atoms with Gasteiger partial charge in [0.2, 0.25) is 21.9 Å². The molecule has 186 valence electrons. The van der Waals surface area contributed by atoms with E-state index in [2.05, 4.69) is 30.6 Å². The normalized spacial score (nSPS) is 11.7. The Bertz CT molecular complexity index is 1350. The van der Waals surface area contributed by atoms with E-state index < -0.39 is 33.5 Å². The Kier molecular flexibility index (Phi) is 7.09. The van der Waals surface area contributed by atoms with Crippen molar-refractivity contribution in [2.45, 2.75) is 19.6 Å². The van der Waals surface area contributed by atoms with Gasteiger partial charge in [0.1, 0.15) is 17.2 Å². The Labute approximate surface area is 198 Å². The third-order valence-corrected chi connectivity index (χ3v) is 5.89. The van der Waals surface area contributed by atoms with E-state index in [1.807, 2.05) is 0 Å². The van der Waals surface area contributed by atoms with Gasteiger partial charge >= 0.3 is 6.18 Å². The second-order valence-corrected chi connectivity index (χ2v) is 9.38. The Morgan fingerprint density at radius 2 is 1.77 bits per heavy atom. The van der Waals surface area contributed by atoms with Gasteiger partial charge in [-0.25, -0.2) is 23.4 Å². The zero-order chi connectivity index (χ0) is 26.0. The molecule has 0 aliphatic carbocycles. The fourth-order valence-electron chi connectivity index (χ4n) is 2.85. The molecule has 15 heteroatoms. The molecule has 0 radical (unpaired) electrons. The number of alkyl halides is 3. The lowest BCUT2D eigenvalue weighted by molar-refractivity contribution is -0.137. The van der Waals surface area contributed by atoms with Gasteiger partial charge in [0.05, 0.1) is 6.26 Å². The first-order valence-corrected chi connectivity index (χ1v) is 11.7. The van der Waals surface area contributed by atoms with Crippen LogP contribution in [-0.2, 0) is 22.7 Å². The molecule has 0 atom stereocenters. The number of hydrogen-bond acceptors (Lipinski definition) is 9. The van der Waals surface area contributed by atoms with E-state index in [-0.39, 0.29) is 35.3 Å². The Morgan fingerprint density at radius 1 is 1.11 bits per heavy atom. The summed E-state index contributed by atoms with van der Waals surface area (Å²) in [5, 5.41) is 5.33. The highest BCUT2D eigenvalue weighted by atomic mass is 32.2. The van der Waals surface area contributed by atoms with Gasteiger partial charge < -0.3 is 16.4 Å². The first-order chi connectivity index (χ1) is 16.3. The van der Waals surface area contributed by atoms with E-state index >= 15 is 0 Å². The number of hydrogen-bond donors (Lipinski definition) is 3. The minimum Gasteiger partial charge on any atom is -0.366 e. The average Bonchev–Trinajstić information content (AvgIpc) is 2.76. The zero-order valence-electron chi connectivity index (χ0n) is 18.8. The number of aromatic nitrogens is 4. The monoisotopic (exact) mass is 510 g/mol. The summed E-state index contributed by atoms with van der Waals surface area (Å²) in [6.07, 6.45) is -1.85. The molecule has 0 aliphatic heterocycles. The van der Waals surface area contributed by atoms with Gasteiger partial charge in [-0.15, -0.1) is 0 Å². The molecular formula is C20H21F3N8O3S. The topological polar surface area (TPSA) is 156 Å². The summed E-state index contributed by atoms with van der Waals surface area (Å²) in [5.74, 6) is -1.03. The van der Waals surface area contributed by atoms with Crippen LogP contribution >= 0.6 is 0 Å². The molecule has 35 heavy (non-hydrogen) atoms. The summed E-state index contributed by atoms with van der Waals surface area (Å²) in [6.45, 7) is 1.29. The van der Waals surface area contributed by atoms with Gasteiger partial charge in [0.15, 0.2) is 5.82 Å². The number of primary amides is 1. The molecule has 3 rings (SSSR count). The number of nitrogens with two attached hydrogens (primary N) is 1. The summed E-state index contributed by atoms with van der Waals surface area (Å²) in [6, 6.07) is 5.85. The van der Waals surface area contributed by atoms with Crippen molar-refractivity contribution in [3.8, 4) is 0 Å². The maximum absolute atomic E-state index is 13.6. The van der Waals surface area contributed by atoms with E-state index in [0.29, 0.717) is 11.9 Å². The fourth-order valence-corrected chi connectivity index (χ4v) is 3.32. The molecule has 0 bridgehead atoms. The van der Waals surface area contributed by atoms with Gasteiger partial charge in [-0.1, -0.05) is 0 Å². The van der Waals surface area contributed by atoms with Crippen molar-refractivity contribution >= 4 is 39.2 Å². The van der Waals surface area contributed by atoms with Crippen LogP contribution in [0.15, 0.2) is 36.7 Å². The van der Waals surface area contributed by atoms with Crippen LogP contribution in [0.5, 0.6) is 0 Å². The quantitative estimate of drug-likeness (QED) is 0.414. The molecule has 0 aliphatic rings. The van der Waals surface area contributed by atoms with Gasteiger partial charge in [-0.05, 0) is 31.2 Å². The SMILES string of the molecule is Cc1ncc(CNc2nc(Nc3ccc(C(N)=O)cc3)ncc2C(F)(F)F)c(N(C)S(C)(=O)=O)n1. The first kappa shape index (κ1) is 25.6. The molecule has 11 nitrogen and oxygen atoms in total. The number of nitrogens with zero attached hydrogens (tertiary/aromatic N) is 5. The molecule has 4 N–H and O–H groups in total. The molecule has 0 fully saturated rings. The summed E-state index contributed by atoms with van der Waals surface area (Å²) in [4.78, 5) is 27.0. The van der Waals surface area contributed by atoms with Crippen molar-refractivity contribution in [2.75, 3.05) is 28.2 Å². The molecule has 0 saturated heterocycles. The number of nitrogens with one attached hydrogen (secondary N) is 2. The predicted molar refractivity (Wildman–Crippen MR) is 123 cm³/mol. The second-order valence-electron chi connectivity index (χ2n) is 7.37. The van der Waals surface area contributed by atoms with Crippen molar-refractivity contribution in [3.63, 3.8) is 0 Å². The highest BCUT2D eigenvalue weighted by molar-refractivity contribution is 7.92.